The van der Waals surface area contributed by atoms with Gasteiger partial charge in [0.25, 0.3) is 0 Å². The maximum atomic E-state index is 8.64. The number of rotatable bonds is 4. The van der Waals surface area contributed by atoms with Crippen LogP contribution >= 0.6 is 0 Å². The number of hydrogen-bond acceptors (Lipinski definition) is 1. The molecule has 1 N–H and O–H groups in total. The van der Waals surface area contributed by atoms with Gasteiger partial charge in [-0.25, -0.2) is 0 Å². The molecule has 2 atom stereocenters. The van der Waals surface area contributed by atoms with E-state index in [1.54, 1.807) is 0 Å². The monoisotopic (exact) mass is 128 g/mol. The Morgan fingerprint density at radius 3 is 2.44 bits per heavy atom. The van der Waals surface area contributed by atoms with E-state index in [9.17, 15) is 0 Å². The van der Waals surface area contributed by atoms with Crippen molar-refractivity contribution in [3.05, 3.63) is 12.7 Å². The fourth-order valence-electron chi connectivity index (χ4n) is 0.805. The van der Waals surface area contributed by atoms with Crippen molar-refractivity contribution in [1.29, 1.82) is 0 Å². The second kappa shape index (κ2) is 4.57. The van der Waals surface area contributed by atoms with Gasteiger partial charge in [-0.2, -0.15) is 0 Å². The summed E-state index contributed by atoms with van der Waals surface area (Å²) in [5.41, 5.74) is 0. The Hall–Kier alpha value is -0.300. The molecule has 54 valence electrons. The van der Waals surface area contributed by atoms with Crippen LogP contribution in [0.3, 0.4) is 0 Å². The fraction of sp³-hybridized carbons (Fsp3) is 0.750. The summed E-state index contributed by atoms with van der Waals surface area (Å²) in [5.74, 6) is 0.949. The van der Waals surface area contributed by atoms with Gasteiger partial charge in [0.1, 0.15) is 0 Å². The molecule has 0 aromatic rings. The van der Waals surface area contributed by atoms with Crippen LogP contribution in [0.5, 0.6) is 0 Å². The summed E-state index contributed by atoms with van der Waals surface area (Å²) < 4.78 is 0. The zero-order valence-electron chi connectivity index (χ0n) is 6.30. The highest BCUT2D eigenvalue weighted by atomic mass is 16.3. The Kier molecular flexibility index (Phi) is 4.41. The van der Waals surface area contributed by atoms with E-state index in [1.165, 1.54) is 0 Å². The molecule has 9 heavy (non-hydrogen) atoms. The number of aliphatic hydroxyl groups is 1. The van der Waals surface area contributed by atoms with Crippen molar-refractivity contribution in [2.24, 2.45) is 11.8 Å². The lowest BCUT2D eigenvalue weighted by atomic mass is 9.98. The summed E-state index contributed by atoms with van der Waals surface area (Å²) in [4.78, 5) is 0. The number of hydrogen-bond donors (Lipinski definition) is 1. The Bertz CT molecular complexity index is 78.6. The molecule has 0 aromatic heterocycles. The van der Waals surface area contributed by atoms with Gasteiger partial charge < -0.3 is 5.11 Å². The van der Waals surface area contributed by atoms with Crippen molar-refractivity contribution in [1.82, 2.24) is 0 Å². The van der Waals surface area contributed by atoms with Crippen LogP contribution in [0.15, 0.2) is 12.7 Å². The highest BCUT2D eigenvalue weighted by molar-refractivity contribution is 4.76. The number of aliphatic hydroxyl groups excluding tert-OH is 1. The van der Waals surface area contributed by atoms with E-state index in [2.05, 4.69) is 13.5 Å². The molecular weight excluding hydrogens is 112 g/mol. The van der Waals surface area contributed by atoms with Gasteiger partial charge in [-0.3, -0.25) is 0 Å². The summed E-state index contributed by atoms with van der Waals surface area (Å²) in [6.07, 6.45) is 2.96. The quantitative estimate of drug-likeness (QED) is 0.573. The molecule has 0 amide bonds. The van der Waals surface area contributed by atoms with Gasteiger partial charge in [-0.15, -0.1) is 6.58 Å². The van der Waals surface area contributed by atoms with Crippen molar-refractivity contribution < 1.29 is 5.11 Å². The zero-order valence-corrected chi connectivity index (χ0v) is 6.30. The first-order valence-electron chi connectivity index (χ1n) is 3.44. The van der Waals surface area contributed by atoms with Gasteiger partial charge in [-0.05, 0) is 18.3 Å². The van der Waals surface area contributed by atoms with Crippen LogP contribution in [-0.4, -0.2) is 11.7 Å². The Balaban J connectivity index is 3.33. The second-order valence-corrected chi connectivity index (χ2v) is 2.74. The van der Waals surface area contributed by atoms with Crippen LogP contribution in [-0.2, 0) is 0 Å². The Morgan fingerprint density at radius 1 is 1.56 bits per heavy atom. The average molecular weight is 128 g/mol. The largest absolute Gasteiger partial charge is 0.396 e. The van der Waals surface area contributed by atoms with E-state index in [-0.39, 0.29) is 6.61 Å². The molecule has 0 fully saturated rings. The number of allylic oxidation sites excluding steroid dienone is 1. The van der Waals surface area contributed by atoms with Crippen molar-refractivity contribution in [3.63, 3.8) is 0 Å². The van der Waals surface area contributed by atoms with Crippen LogP contribution in [0.25, 0.3) is 0 Å². The van der Waals surface area contributed by atoms with E-state index in [0.717, 1.165) is 6.42 Å². The molecule has 0 saturated heterocycles. The van der Waals surface area contributed by atoms with Gasteiger partial charge in [0, 0.05) is 6.61 Å². The normalized spacial score (nSPS) is 16.8. The Morgan fingerprint density at radius 2 is 2.11 bits per heavy atom. The smallest absolute Gasteiger partial charge is 0.0456 e. The zero-order chi connectivity index (χ0) is 7.28. The third-order valence-electron chi connectivity index (χ3n) is 1.49. The van der Waals surface area contributed by atoms with Crippen LogP contribution in [0.2, 0.25) is 0 Å². The first kappa shape index (κ1) is 8.70. The van der Waals surface area contributed by atoms with Crippen LogP contribution in [0.4, 0.5) is 0 Å². The lowest BCUT2D eigenvalue weighted by Gasteiger charge is -2.09. The summed E-state index contributed by atoms with van der Waals surface area (Å²) >= 11 is 0. The second-order valence-electron chi connectivity index (χ2n) is 2.74. The van der Waals surface area contributed by atoms with Crippen LogP contribution in [0, 0.1) is 11.8 Å². The minimum Gasteiger partial charge on any atom is -0.396 e. The first-order valence-corrected chi connectivity index (χ1v) is 3.44. The van der Waals surface area contributed by atoms with Crippen molar-refractivity contribution >= 4 is 0 Å². The molecule has 0 heterocycles. The van der Waals surface area contributed by atoms with Gasteiger partial charge in [0.15, 0.2) is 0 Å². The van der Waals surface area contributed by atoms with E-state index in [4.69, 9.17) is 5.11 Å². The van der Waals surface area contributed by atoms with E-state index in [1.807, 2.05) is 13.0 Å². The standard InChI is InChI=1S/C8H16O/c1-4-7(2)5-8(3)6-9/h4,7-9H,1,5-6H2,2-3H3/t7-,8+/m1/s1. The highest BCUT2D eigenvalue weighted by Crippen LogP contribution is 2.10. The average Bonchev–Trinajstić information content (AvgIpc) is 1.87. The predicted molar refractivity (Wildman–Crippen MR) is 40.2 cm³/mol. The predicted octanol–water partition coefficient (Wildman–Crippen LogP) is 1.83. The highest BCUT2D eigenvalue weighted by Gasteiger charge is 2.02. The van der Waals surface area contributed by atoms with E-state index < -0.39 is 0 Å². The van der Waals surface area contributed by atoms with Crippen LogP contribution < -0.4 is 0 Å². The van der Waals surface area contributed by atoms with E-state index >= 15 is 0 Å². The molecule has 0 bridgehead atoms. The van der Waals surface area contributed by atoms with Crippen LogP contribution in [0.1, 0.15) is 20.3 Å². The molecule has 0 radical (unpaired) electrons. The molecule has 0 aliphatic heterocycles. The van der Waals surface area contributed by atoms with Gasteiger partial charge in [0.05, 0.1) is 0 Å². The molecule has 0 rings (SSSR count). The maximum Gasteiger partial charge on any atom is 0.0456 e. The van der Waals surface area contributed by atoms with Gasteiger partial charge in [-0.1, -0.05) is 19.9 Å². The van der Waals surface area contributed by atoms with Gasteiger partial charge in [0.2, 0.25) is 0 Å². The molecule has 0 aliphatic rings. The molecule has 0 aliphatic carbocycles. The van der Waals surface area contributed by atoms with Crippen molar-refractivity contribution in [3.8, 4) is 0 Å². The lowest BCUT2D eigenvalue weighted by Crippen LogP contribution is -2.04. The molecule has 0 aromatic carbocycles. The molecule has 0 spiro atoms. The first-order chi connectivity index (χ1) is 4.20. The van der Waals surface area contributed by atoms with E-state index in [0.29, 0.717) is 11.8 Å². The summed E-state index contributed by atoms with van der Waals surface area (Å²) in [7, 11) is 0. The third kappa shape index (κ3) is 4.22. The maximum absolute atomic E-state index is 8.64. The topological polar surface area (TPSA) is 20.2 Å². The SMILES string of the molecule is C=C[C@@H](C)C[C@H](C)CO. The molecule has 0 unspecified atom stereocenters. The minimum absolute atomic E-state index is 0.290. The molecular formula is C8H16O. The minimum atomic E-state index is 0.290. The summed E-state index contributed by atoms with van der Waals surface area (Å²) in [6, 6.07) is 0. The Labute approximate surface area is 57.4 Å². The summed E-state index contributed by atoms with van der Waals surface area (Å²) in [6.45, 7) is 8.11. The summed E-state index contributed by atoms with van der Waals surface area (Å²) in [5, 5.41) is 8.64. The van der Waals surface area contributed by atoms with Crippen molar-refractivity contribution in [2.45, 2.75) is 20.3 Å². The van der Waals surface area contributed by atoms with Crippen molar-refractivity contribution in [2.75, 3.05) is 6.61 Å². The lowest BCUT2D eigenvalue weighted by molar-refractivity contribution is 0.222. The third-order valence-corrected chi connectivity index (χ3v) is 1.49. The molecule has 1 nitrogen and oxygen atoms in total. The van der Waals surface area contributed by atoms with Gasteiger partial charge >= 0.3 is 0 Å². The molecule has 1 heteroatoms. The molecule has 0 saturated carbocycles. The fourth-order valence-corrected chi connectivity index (χ4v) is 0.805.